The summed E-state index contributed by atoms with van der Waals surface area (Å²) in [6.07, 6.45) is 13.2. The molecule has 4 aliphatic carbocycles. The number of rotatable bonds is 6. The highest BCUT2D eigenvalue weighted by atomic mass is 16.6. The molecule has 6 heterocycles. The van der Waals surface area contributed by atoms with Crippen LogP contribution in [0, 0.1) is 29.1 Å². The molecule has 11 N–H and O–H groups in total. The molecule has 0 radical (unpaired) electrons. The van der Waals surface area contributed by atoms with Gasteiger partial charge < -0.3 is 61.1 Å². The summed E-state index contributed by atoms with van der Waals surface area (Å²) in [7, 11) is 0. The van der Waals surface area contributed by atoms with Gasteiger partial charge in [-0.15, -0.1) is 0 Å². The van der Waals surface area contributed by atoms with E-state index in [1.807, 2.05) is 19.9 Å². The topological polar surface area (TPSA) is 241 Å². The third-order valence-corrected chi connectivity index (χ3v) is 19.3. The highest BCUT2D eigenvalue weighted by molar-refractivity contribution is 5.94. The summed E-state index contributed by atoms with van der Waals surface area (Å²) in [5, 5.41) is 73.5. The molecule has 5 aliphatic heterocycles. The van der Waals surface area contributed by atoms with Crippen LogP contribution in [0.1, 0.15) is 125 Å². The predicted molar refractivity (Wildman–Crippen MR) is 274 cm³/mol. The van der Waals surface area contributed by atoms with Gasteiger partial charge in [0.1, 0.15) is 58.1 Å². The predicted octanol–water partition coefficient (Wildman–Crippen LogP) is 5.82. The fourth-order valence-corrected chi connectivity index (χ4v) is 15.9. The number of carbonyl (C=O) groups is 1. The van der Waals surface area contributed by atoms with E-state index in [0.29, 0.717) is 55.6 Å². The summed E-state index contributed by atoms with van der Waals surface area (Å²) >= 11 is 0. The van der Waals surface area contributed by atoms with Crippen molar-refractivity contribution >= 4 is 16.9 Å². The van der Waals surface area contributed by atoms with Crippen molar-refractivity contribution in [1.82, 2.24) is 21.3 Å². The Labute approximate surface area is 425 Å². The summed E-state index contributed by atoms with van der Waals surface area (Å²) in [5.41, 5.74) is 11.4. The molecule has 9 aliphatic rings. The lowest BCUT2D eigenvalue weighted by Crippen LogP contribution is -2.59. The van der Waals surface area contributed by atoms with Crippen LogP contribution in [0.25, 0.3) is 11.0 Å². The molecule has 1 aromatic heterocycles. The number of hydrogen-bond acceptors (Lipinski definition) is 15. The smallest absolute Gasteiger partial charge is 0.337 e. The van der Waals surface area contributed by atoms with Crippen LogP contribution in [-0.2, 0) is 29.0 Å². The van der Waals surface area contributed by atoms with Crippen LogP contribution >= 0.6 is 0 Å². The molecular weight excluding hydrogens is 927 g/mol. The van der Waals surface area contributed by atoms with Gasteiger partial charge in [-0.25, -0.2) is 4.79 Å². The zero-order valence-corrected chi connectivity index (χ0v) is 42.2. The van der Waals surface area contributed by atoms with Gasteiger partial charge in [0, 0.05) is 54.1 Å². The van der Waals surface area contributed by atoms with Gasteiger partial charge >= 0.3 is 5.97 Å². The maximum absolute atomic E-state index is 15.6. The number of piperidine rings is 1. The number of aryl methyl sites for hydroxylation is 1. The summed E-state index contributed by atoms with van der Waals surface area (Å²) in [5.74, 6) is -2.69. The minimum Gasteiger partial charge on any atom is -0.508 e. The third-order valence-electron chi connectivity index (χ3n) is 19.3. The van der Waals surface area contributed by atoms with E-state index in [2.05, 4.69) is 46.5 Å². The molecule has 1 saturated heterocycles. The lowest BCUT2D eigenvalue weighted by molar-refractivity contribution is -0.172. The van der Waals surface area contributed by atoms with Gasteiger partial charge in [-0.3, -0.25) is 10.1 Å². The minimum atomic E-state index is -1.38. The van der Waals surface area contributed by atoms with Gasteiger partial charge in [0.25, 0.3) is 0 Å². The zero-order valence-electron chi connectivity index (χ0n) is 42.2. The summed E-state index contributed by atoms with van der Waals surface area (Å²) in [6, 6.07) is 6.50. The lowest BCUT2D eigenvalue weighted by atomic mass is 9.61. The van der Waals surface area contributed by atoms with Crippen LogP contribution in [0.15, 0.2) is 91.1 Å². The van der Waals surface area contributed by atoms with Gasteiger partial charge in [-0.05, 0) is 179 Å². The fourth-order valence-electron chi connectivity index (χ4n) is 15.9. The Morgan fingerprint density at radius 1 is 1.04 bits per heavy atom. The average molecular weight is 998 g/mol. The van der Waals surface area contributed by atoms with Gasteiger partial charge in [-0.2, -0.15) is 0 Å². The third kappa shape index (κ3) is 7.60. The van der Waals surface area contributed by atoms with Crippen molar-refractivity contribution in [3.63, 3.8) is 0 Å². The molecule has 3 fully saturated rings. The van der Waals surface area contributed by atoms with E-state index in [0.717, 1.165) is 91.6 Å². The highest BCUT2D eigenvalue weighted by Crippen LogP contribution is 2.63. The van der Waals surface area contributed by atoms with Crippen molar-refractivity contribution in [2.45, 2.75) is 140 Å². The van der Waals surface area contributed by atoms with Gasteiger partial charge in [-0.1, -0.05) is 24.6 Å². The maximum Gasteiger partial charge on any atom is 0.337 e. The van der Waals surface area contributed by atoms with Crippen LogP contribution < -0.4 is 37.2 Å². The van der Waals surface area contributed by atoms with Crippen molar-refractivity contribution in [3.8, 4) is 17.2 Å². The number of aliphatic hydroxyl groups is 3. The normalized spacial score (nSPS) is 33.1. The monoisotopic (exact) mass is 998 g/mol. The lowest BCUT2D eigenvalue weighted by Gasteiger charge is -2.52. The molecule has 388 valence electrons. The number of phenols is 2. The molecule has 2 saturated carbocycles. The molecule has 12 rings (SSSR count). The van der Waals surface area contributed by atoms with Crippen molar-refractivity contribution in [3.05, 3.63) is 120 Å². The molecule has 15 heteroatoms. The number of aliphatic hydroxyl groups excluding tert-OH is 2. The second-order valence-corrected chi connectivity index (χ2v) is 23.1. The SMILES string of the molecule is CCNC1C=C2CC[C@@H]3[C@@H]4CCc5ccc(O)cc5[C@@H](CO)[C@H](C5=CCNC(N)=C54)c4c5c(c(O)c6c(=O)cc(CO)oc46)C[C@@H](OC(=O)C4=C(C)CC[C@@H]6CC7(CCNCC7)C[C@]46O)[C@@](C)(O5)[C@H]3CC2=CN1. The van der Waals surface area contributed by atoms with Crippen LogP contribution in [-0.4, -0.2) is 87.8 Å². The van der Waals surface area contributed by atoms with Crippen molar-refractivity contribution < 1.29 is 44.2 Å². The number of benzene rings is 2. The Hall–Kier alpha value is -5.58. The Bertz CT molecular complexity index is 3020. The number of dihydropyridines is 2. The fraction of sp³-hybridized carbons (Fsp3) is 0.552. The highest BCUT2D eigenvalue weighted by Gasteiger charge is 2.61. The number of likely N-dealkylation sites (N-methyl/N-ethyl adjacent to an activating group) is 1. The standard InChI is InChI=1S/C58H71N5O10/c1-4-61-45-20-31-8-11-36-37-12-7-30-6-10-34(66)21-39(30)41(27-65)46(38-13-16-62-54(59)47(37)38)49-52-40(51(68)48-43(67)22-35(26-64)71-53(48)49)23-44(56(3,73-52)42(36)19-32(31)25-63-45)72-55(69)50-29(2)5-9-33-24-57(28-58(33,50)70)14-17-60-18-15-57/h6,10,13,20-22,25,33,36-37,41-42,44-46,60-66,68,70H,4-5,7-9,11-12,14-19,23-24,26-28,59H2,1-3H3/t33-,36-,37+,41-,42+,44-,45?,46+,56+,58-/m1/s1. The first-order valence-electron chi connectivity index (χ1n) is 26.9. The molecular formula is C58H71N5O10. The zero-order chi connectivity index (χ0) is 50.7. The van der Waals surface area contributed by atoms with E-state index in [9.17, 15) is 30.3 Å². The van der Waals surface area contributed by atoms with E-state index in [1.165, 1.54) is 11.6 Å². The van der Waals surface area contributed by atoms with Crippen LogP contribution in [0.2, 0.25) is 0 Å². The molecule has 4 bridgehead atoms. The Morgan fingerprint density at radius 2 is 1.86 bits per heavy atom. The van der Waals surface area contributed by atoms with Gasteiger partial charge in [0.05, 0.1) is 23.9 Å². The molecule has 1 unspecified atom stereocenters. The van der Waals surface area contributed by atoms with E-state index in [4.69, 9.17) is 19.6 Å². The first kappa shape index (κ1) is 48.4. The molecule has 73 heavy (non-hydrogen) atoms. The summed E-state index contributed by atoms with van der Waals surface area (Å²) in [4.78, 5) is 30.2. The van der Waals surface area contributed by atoms with Crippen LogP contribution in [0.4, 0.5) is 0 Å². The number of nitrogens with one attached hydrogen (secondary N) is 4. The number of fused-ring (bicyclic) bond motifs is 10. The Kier molecular flexibility index (Phi) is 12.0. The number of aromatic hydroxyl groups is 2. The van der Waals surface area contributed by atoms with Crippen molar-refractivity contribution in [2.24, 2.45) is 34.8 Å². The van der Waals surface area contributed by atoms with E-state index >= 15 is 4.79 Å². The number of hydrogen-bond donors (Lipinski definition) is 10. The minimum absolute atomic E-state index is 0.00471. The van der Waals surface area contributed by atoms with Crippen LogP contribution in [0.3, 0.4) is 0 Å². The maximum atomic E-state index is 15.6. The largest absolute Gasteiger partial charge is 0.508 e. The number of nitrogens with two attached hydrogens (primary N) is 1. The molecule has 2 aromatic carbocycles. The van der Waals surface area contributed by atoms with E-state index in [1.54, 1.807) is 12.1 Å². The first-order valence-corrected chi connectivity index (χ1v) is 26.9. The van der Waals surface area contributed by atoms with Crippen LogP contribution in [0.5, 0.6) is 17.2 Å². The number of carbonyl (C=O) groups excluding carboxylic acids is 1. The molecule has 15 nitrogen and oxygen atoms in total. The van der Waals surface area contributed by atoms with Gasteiger partial charge in [0.2, 0.25) is 0 Å². The van der Waals surface area contributed by atoms with Crippen molar-refractivity contribution in [2.75, 3.05) is 32.8 Å². The van der Waals surface area contributed by atoms with E-state index in [-0.39, 0.29) is 81.2 Å². The quantitative estimate of drug-likeness (QED) is 0.131. The molecule has 3 aromatic rings. The number of allylic oxidation sites excluding steroid dienone is 5. The van der Waals surface area contributed by atoms with Gasteiger partial charge in [0.15, 0.2) is 5.43 Å². The Balaban J connectivity index is 1.12. The van der Waals surface area contributed by atoms with E-state index < -0.39 is 53.8 Å². The summed E-state index contributed by atoms with van der Waals surface area (Å²) in [6.45, 7) is 7.94. The second-order valence-electron chi connectivity index (χ2n) is 23.1. The first-order chi connectivity index (χ1) is 35.2. The molecule has 1 spiro atoms. The molecule has 10 atom stereocenters. The van der Waals surface area contributed by atoms with Crippen molar-refractivity contribution in [1.29, 1.82) is 0 Å². The molecule has 0 amide bonds. The second kappa shape index (κ2) is 18.1. The number of phenolic OH excluding ortho intramolecular Hbond substituents is 2. The Morgan fingerprint density at radius 3 is 2.64 bits per heavy atom. The number of ether oxygens (including phenoxy) is 2. The average Bonchev–Trinajstić information content (AvgIpc) is 3.53. The number of esters is 1. The summed E-state index contributed by atoms with van der Waals surface area (Å²) < 4.78 is 21.5.